The number of anilines is 4. The quantitative estimate of drug-likeness (QED) is 0.00992. The predicted octanol–water partition coefficient (Wildman–Crippen LogP) is 7.61. The number of ketones is 4. The number of halogens is 1. The number of H-pyrrole nitrogens is 4. The summed E-state index contributed by atoms with van der Waals surface area (Å²) in [5.41, 5.74) is 27.0. The van der Waals surface area contributed by atoms with Crippen molar-refractivity contribution in [3.05, 3.63) is 215 Å². The van der Waals surface area contributed by atoms with Crippen molar-refractivity contribution in [3.63, 3.8) is 0 Å². The van der Waals surface area contributed by atoms with E-state index in [0.29, 0.717) is 46.9 Å². The van der Waals surface area contributed by atoms with E-state index in [-0.39, 0.29) is 160 Å². The summed E-state index contributed by atoms with van der Waals surface area (Å²) < 4.78 is 118. The van der Waals surface area contributed by atoms with Gasteiger partial charge in [-0.3, -0.25) is 76.6 Å². The smallest absolute Gasteiger partial charge is 0.295 e. The first kappa shape index (κ1) is 99.8. The van der Waals surface area contributed by atoms with E-state index in [1.165, 1.54) is 71.2 Å². The van der Waals surface area contributed by atoms with Crippen molar-refractivity contribution in [1.82, 2.24) is 98.4 Å². The van der Waals surface area contributed by atoms with Crippen LogP contribution in [0.15, 0.2) is 148 Å². The number of nitrogens with zero attached hydrogens (tertiary/aromatic N) is 13. The van der Waals surface area contributed by atoms with Crippen LogP contribution in [0.2, 0.25) is 0 Å². The van der Waals surface area contributed by atoms with Crippen LogP contribution in [0.25, 0.3) is 49.5 Å². The maximum atomic E-state index is 13.4. The number of Topliss-reactive ketones (excluding diaryl/α,β-unsaturated/α-hetero) is 4. The molecule has 0 spiro atoms. The van der Waals surface area contributed by atoms with E-state index in [0.717, 1.165) is 22.3 Å². The number of ether oxygens (including phenoxy) is 4. The Morgan fingerprint density at radius 1 is 0.414 bits per heavy atom. The Labute approximate surface area is 730 Å². The molecule has 0 radical (unpaired) electrons. The van der Waals surface area contributed by atoms with E-state index in [2.05, 4.69) is 85.0 Å². The lowest BCUT2D eigenvalue weighted by molar-refractivity contribution is -0.119. The number of nitrogens with two attached hydrogens (primary N) is 4. The summed E-state index contributed by atoms with van der Waals surface area (Å²) in [5.74, 6) is -1.28. The third-order valence-corrected chi connectivity index (χ3v) is 26.0. The standard InChI is InChI=1S/C20H24N7O5P.C20H27N6O5P.C19H24FN6O5P.C19H25N6O5P/c1-13(14(2)28)26-33(30,32-10-15-4-6-16(22-3)7-5-15)12-31-9-8-27-11-23-17-18(27)24-20(21)25-19(17)29;1-13-4-6-16(7-5-13)10-31-32(29,25-14(2)15(3)27)12-30-9-8-26-11-22-17-18(26)23-20(21)24-19(17)28;1-12(13(2)27)25-32(29,31-9-14-4-3-5-15(20)8-14)11-30-7-6-26-10-22-16-17(26)23-19(21)24-18(16)28;1-13(14(2)26)24-31(28,30-10-15-6-4-3-5-7-15)12-29-9-8-25-11-21-16-17(25)22-19(20)23-18(16)27/h4-7,11,13H,8-10,12H2,1-2H3,(H,26,30)(H3,21,24,25,29);4-7,11,14H,8-10,12H2,1-3H3,(H,25,29)(H3,21,23,24,28);3-5,8,10,12H,6-7,9,11H2,1-2H3,(H,25,29)(H3,21,23,24,28);3-7,11,13H,8-10,12H2,1-2H3,(H,24,28)(H3,20,22,23,27)/t13-,33?;14-,32?;12-,32?;13-,31?/m0011/s1. The fourth-order valence-corrected chi connectivity index (χ4v) is 18.1. The van der Waals surface area contributed by atoms with Gasteiger partial charge < -0.3 is 78.2 Å². The molecular weight excluding hydrogens is 1750 g/mol. The van der Waals surface area contributed by atoms with Crippen LogP contribution in [0.1, 0.15) is 83.2 Å². The molecule has 684 valence electrons. The lowest BCUT2D eigenvalue weighted by atomic mass is 10.2. The highest BCUT2D eigenvalue weighted by molar-refractivity contribution is 7.57. The number of nitrogen functional groups attached to an aromatic ring is 4. The minimum absolute atomic E-state index is 0.00861. The highest BCUT2D eigenvalue weighted by Crippen LogP contribution is 2.47. The van der Waals surface area contributed by atoms with E-state index in [1.54, 1.807) is 76.3 Å². The molecule has 12 aromatic rings. The van der Waals surface area contributed by atoms with E-state index >= 15 is 0 Å². The highest BCUT2D eigenvalue weighted by Gasteiger charge is 2.33. The second-order valence-electron chi connectivity index (χ2n) is 28.9. The van der Waals surface area contributed by atoms with Crippen molar-refractivity contribution in [1.29, 1.82) is 0 Å². The molecule has 0 aliphatic heterocycles. The highest BCUT2D eigenvalue weighted by atomic mass is 31.2. The number of aromatic nitrogens is 16. The molecule has 128 heavy (non-hydrogen) atoms. The number of hydrogen-bond acceptors (Lipinski definition) is 32. The molecule has 0 amide bonds. The number of imidazole rings is 4. The van der Waals surface area contributed by atoms with E-state index in [1.807, 2.05) is 61.5 Å². The molecule has 50 heteroatoms. The molecule has 0 fully saturated rings. The first-order chi connectivity index (χ1) is 60.8. The summed E-state index contributed by atoms with van der Waals surface area (Å²) >= 11 is 0. The van der Waals surface area contributed by atoms with E-state index in [9.17, 15) is 61.0 Å². The fourth-order valence-electron chi connectivity index (χ4n) is 11.2. The zero-order chi connectivity index (χ0) is 93.0. The predicted molar refractivity (Wildman–Crippen MR) is 473 cm³/mol. The second kappa shape index (κ2) is 46.7. The van der Waals surface area contributed by atoms with Crippen molar-refractivity contribution < 1.29 is 78.9 Å². The lowest BCUT2D eigenvalue weighted by Crippen LogP contribution is -2.32. The number of aryl methyl sites for hydroxylation is 1. The SMILES string of the molecule is CC(=O)[C@@H](C)NP(=O)(COCCn1cnc2c(=O)[nH]c(N)nc21)OCc1cccc(F)c1.CC(=O)[C@@H](C)NP(=O)(COCCn1cnc2c(=O)[nH]c(N)nc21)OCc1ccccc1.CC(=O)[C@H](C)NP(=O)(COCCn1cnc2c(=O)[nH]c(N)nc21)OCc1ccc(C)cc1.[C-]#[N+]c1ccc(COP(=O)(COCCn2cnc3c(=O)[nH]c(N)nc32)N[C@@H](C)C(C)=O)cc1. The first-order valence-electron chi connectivity index (χ1n) is 39.3. The Bertz CT molecular complexity index is 6340. The number of hydrogen-bond donors (Lipinski definition) is 12. The third-order valence-electron chi connectivity index (χ3n) is 18.6. The Morgan fingerprint density at radius 3 is 0.953 bits per heavy atom. The Balaban J connectivity index is 0.000000193. The Morgan fingerprint density at radius 2 is 0.680 bits per heavy atom. The molecule has 8 aromatic heterocycles. The van der Waals surface area contributed by atoms with Gasteiger partial charge in [0.25, 0.3) is 52.3 Å². The third kappa shape index (κ3) is 30.1. The number of nitrogens with one attached hydrogen (secondary N) is 8. The molecule has 0 saturated carbocycles. The Hall–Kier alpha value is -12.0. The van der Waals surface area contributed by atoms with Crippen molar-refractivity contribution >= 4 is 127 Å². The maximum Gasteiger partial charge on any atom is 0.295 e. The van der Waals surface area contributed by atoms with Gasteiger partial charge in [-0.15, -0.1) is 0 Å². The van der Waals surface area contributed by atoms with Crippen LogP contribution in [0.5, 0.6) is 0 Å². The van der Waals surface area contributed by atoms with Crippen LogP contribution in [0, 0.1) is 19.3 Å². The summed E-state index contributed by atoms with van der Waals surface area (Å²) in [4.78, 5) is 139. The summed E-state index contributed by atoms with van der Waals surface area (Å²) in [6.07, 6.45) is 4.69. The number of aromatic amines is 4. The van der Waals surface area contributed by atoms with Crippen molar-refractivity contribution in [2.45, 2.75) is 139 Å². The molecule has 45 nitrogen and oxygen atoms in total. The lowest BCUT2D eigenvalue weighted by Gasteiger charge is -2.22. The average Bonchev–Trinajstić information content (AvgIpc) is 1.67. The normalized spacial score (nSPS) is 14.3. The molecule has 8 heterocycles. The summed E-state index contributed by atoms with van der Waals surface area (Å²) in [5, 5.41) is 11.0. The second-order valence-corrected chi connectivity index (χ2v) is 37.4. The van der Waals surface area contributed by atoms with Crippen molar-refractivity contribution in [3.8, 4) is 0 Å². The topological polar surface area (TPSA) is 621 Å². The zero-order valence-corrected chi connectivity index (χ0v) is 74.8. The summed E-state index contributed by atoms with van der Waals surface area (Å²) in [7, 11) is -14.1. The molecule has 0 aliphatic carbocycles. The van der Waals surface area contributed by atoms with Gasteiger partial charge in [0, 0.05) is 26.2 Å². The summed E-state index contributed by atoms with van der Waals surface area (Å²) in [6, 6.07) is 26.6. The van der Waals surface area contributed by atoms with E-state index < -0.39 is 82.3 Å². The minimum Gasteiger partial charge on any atom is -0.369 e. The number of carbonyl (C=O) groups is 4. The van der Waals surface area contributed by atoms with Gasteiger partial charge >= 0.3 is 0 Å². The van der Waals surface area contributed by atoms with Gasteiger partial charge in [0.1, 0.15) is 54.3 Å². The van der Waals surface area contributed by atoms with Gasteiger partial charge in [0.15, 0.2) is 50.3 Å². The van der Waals surface area contributed by atoms with Crippen LogP contribution >= 0.6 is 30.1 Å². The van der Waals surface area contributed by atoms with Crippen LogP contribution in [0.3, 0.4) is 0 Å². The fraction of sp³-hybridized carbons (Fsp3) is 0.372. The molecule has 8 atom stereocenters. The van der Waals surface area contributed by atoms with Gasteiger partial charge in [0.2, 0.25) is 23.8 Å². The van der Waals surface area contributed by atoms with Crippen LogP contribution in [-0.4, -0.2) is 177 Å². The van der Waals surface area contributed by atoms with E-state index in [4.69, 9.17) is 66.5 Å². The Kier molecular flexibility index (Phi) is 36.4. The van der Waals surface area contributed by atoms with Gasteiger partial charge in [-0.25, -0.2) is 49.5 Å². The van der Waals surface area contributed by atoms with Crippen molar-refractivity contribution in [2.24, 2.45) is 0 Å². The molecule has 0 saturated heterocycles. The molecule has 16 N–H and O–H groups in total. The van der Waals surface area contributed by atoms with Crippen LogP contribution in [0.4, 0.5) is 33.9 Å². The average molecular weight is 1850 g/mol. The first-order valence-corrected chi connectivity index (χ1v) is 46.6. The number of fused-ring (bicyclic) bond motifs is 4. The largest absolute Gasteiger partial charge is 0.369 e. The molecule has 4 unspecified atom stereocenters. The number of benzene rings is 4. The van der Waals surface area contributed by atoms with Gasteiger partial charge in [0.05, 0.1) is 109 Å². The number of rotatable bonds is 44. The number of carbonyl (C=O) groups excluding carboxylic acids is 4. The molecule has 12 rings (SSSR count). The molecule has 0 bridgehead atoms. The van der Waals surface area contributed by atoms with Gasteiger partial charge in [-0.1, -0.05) is 96.6 Å². The van der Waals surface area contributed by atoms with Crippen molar-refractivity contribution in [2.75, 3.05) is 74.8 Å². The monoisotopic (exact) mass is 1850 g/mol. The minimum atomic E-state index is -3.61. The van der Waals surface area contributed by atoms with Gasteiger partial charge in [-0.2, -0.15) is 19.9 Å². The molecular formula is C78H100FN25O20P4. The summed E-state index contributed by atoms with van der Waals surface area (Å²) in [6.45, 7) is 22.6. The van der Waals surface area contributed by atoms with Gasteiger partial charge in [-0.05, 0) is 96.7 Å². The molecule has 4 aromatic carbocycles. The van der Waals surface area contributed by atoms with Crippen LogP contribution < -0.4 is 65.5 Å². The molecule has 0 aliphatic rings. The van der Waals surface area contributed by atoms with Crippen LogP contribution in [-0.2, 0) is 127 Å². The maximum absolute atomic E-state index is 13.4. The zero-order valence-electron chi connectivity index (χ0n) is 71.2.